The summed E-state index contributed by atoms with van der Waals surface area (Å²) in [5.74, 6) is 3.07. The van der Waals surface area contributed by atoms with Crippen molar-refractivity contribution >= 4 is 101 Å². The third kappa shape index (κ3) is 8.35. The number of para-hydroxylation sites is 10. The van der Waals surface area contributed by atoms with Crippen LogP contribution in [0.25, 0.3) is 122 Å². The lowest BCUT2D eigenvalue weighted by Gasteiger charge is -2.48. The number of nitrogens with zero attached hydrogens (tertiary/aromatic N) is 4. The van der Waals surface area contributed by atoms with Crippen molar-refractivity contribution < 1.29 is 9.47 Å². The van der Waals surface area contributed by atoms with Crippen molar-refractivity contribution in [3.05, 3.63) is 333 Å². The van der Waals surface area contributed by atoms with Gasteiger partial charge in [-0.3, -0.25) is 0 Å². The van der Waals surface area contributed by atoms with E-state index in [2.05, 4.69) is 367 Å². The van der Waals surface area contributed by atoms with Crippen molar-refractivity contribution in [3.8, 4) is 101 Å². The lowest BCUT2D eigenvalue weighted by atomic mass is 9.33. The fourth-order valence-electron chi connectivity index (χ4n) is 17.3. The highest BCUT2D eigenvalue weighted by molar-refractivity contribution is 7.00. The third-order valence-electron chi connectivity index (χ3n) is 21.7. The molecule has 6 nitrogen and oxygen atoms in total. The zero-order valence-corrected chi connectivity index (χ0v) is 55.9. The number of fused-ring (bicyclic) bond motifs is 22. The lowest BCUT2D eigenvalue weighted by molar-refractivity contribution is 0.486. The van der Waals surface area contributed by atoms with Crippen molar-refractivity contribution in [1.82, 2.24) is 9.13 Å². The van der Waals surface area contributed by atoms with Gasteiger partial charge in [-0.15, -0.1) is 0 Å². The highest BCUT2D eigenvalue weighted by atomic mass is 16.5. The summed E-state index contributed by atoms with van der Waals surface area (Å²) >= 11 is 0. The van der Waals surface area contributed by atoms with Gasteiger partial charge in [-0.05, 0) is 111 Å². The van der Waals surface area contributed by atoms with Gasteiger partial charge in [0.15, 0.2) is 0 Å². The number of hydrogen-bond acceptors (Lipinski definition) is 4. The summed E-state index contributed by atoms with van der Waals surface area (Å²) < 4.78 is 20.3. The van der Waals surface area contributed by atoms with Crippen molar-refractivity contribution in [1.29, 1.82) is 0 Å². The molecule has 7 heteroatoms. The quantitative estimate of drug-likeness (QED) is 0.165. The van der Waals surface area contributed by atoms with Gasteiger partial charge in [-0.25, -0.2) is 0 Å². The Balaban J connectivity index is 1.02. The first-order valence-corrected chi connectivity index (χ1v) is 35.0. The average molecular weight is 1290 g/mol. The Kier molecular flexibility index (Phi) is 12.4. The van der Waals surface area contributed by atoms with E-state index in [-0.39, 0.29) is 12.1 Å². The number of anilines is 6. The van der Waals surface area contributed by atoms with Crippen LogP contribution < -0.4 is 35.7 Å². The summed E-state index contributed by atoms with van der Waals surface area (Å²) in [7, 11) is 0. The Morgan fingerprint density at radius 1 is 0.267 bits per heavy atom. The van der Waals surface area contributed by atoms with Crippen molar-refractivity contribution in [2.45, 2.75) is 26.2 Å². The molecular weight excluding hydrogens is 1230 g/mol. The van der Waals surface area contributed by atoms with Gasteiger partial charge < -0.3 is 28.4 Å². The van der Waals surface area contributed by atoms with Crippen LogP contribution in [0.15, 0.2) is 328 Å². The lowest BCUT2D eigenvalue weighted by Crippen LogP contribution is -2.62. The molecule has 0 aliphatic carbocycles. The van der Waals surface area contributed by atoms with Crippen LogP contribution in [-0.4, -0.2) is 15.8 Å². The first-order valence-electron chi connectivity index (χ1n) is 35.0. The van der Waals surface area contributed by atoms with Crippen molar-refractivity contribution in [3.63, 3.8) is 0 Å². The number of benzene rings is 15. The number of hydrogen-bond donors (Lipinski definition) is 0. The molecule has 15 aromatic carbocycles. The Morgan fingerprint density at radius 2 is 0.584 bits per heavy atom. The van der Waals surface area contributed by atoms with Crippen LogP contribution in [0.1, 0.15) is 26.3 Å². The van der Waals surface area contributed by atoms with E-state index in [0.717, 1.165) is 168 Å². The van der Waals surface area contributed by atoms with E-state index in [0.29, 0.717) is 0 Å². The summed E-state index contributed by atoms with van der Waals surface area (Å²) in [6, 6.07) is 121. The van der Waals surface area contributed by atoms with Gasteiger partial charge in [-0.2, -0.15) is 0 Å². The zero-order chi connectivity index (χ0) is 66.8. The molecule has 101 heavy (non-hydrogen) atoms. The maximum Gasteiger partial charge on any atom is 0.252 e. The van der Waals surface area contributed by atoms with Gasteiger partial charge >= 0.3 is 0 Å². The predicted octanol–water partition coefficient (Wildman–Crippen LogP) is 23.5. The van der Waals surface area contributed by atoms with Crippen LogP contribution in [0.2, 0.25) is 0 Å². The largest absolute Gasteiger partial charge is 0.456 e. The van der Waals surface area contributed by atoms with Gasteiger partial charge in [0.05, 0.1) is 56.2 Å². The highest BCUT2D eigenvalue weighted by Gasteiger charge is 2.49. The van der Waals surface area contributed by atoms with E-state index in [1.54, 1.807) is 0 Å². The molecule has 2 aromatic heterocycles. The third-order valence-corrected chi connectivity index (χ3v) is 21.7. The minimum atomic E-state index is -0.388. The predicted molar refractivity (Wildman–Crippen MR) is 421 cm³/mol. The van der Waals surface area contributed by atoms with E-state index in [9.17, 15) is 0 Å². The minimum absolute atomic E-state index is 0.380. The molecule has 0 spiro atoms. The fourth-order valence-corrected chi connectivity index (χ4v) is 17.3. The molecule has 4 aliphatic heterocycles. The highest BCUT2D eigenvalue weighted by Crippen LogP contribution is 2.61. The maximum atomic E-state index is 7.62. The molecule has 0 radical (unpaired) electrons. The minimum Gasteiger partial charge on any atom is -0.456 e. The summed E-state index contributed by atoms with van der Waals surface area (Å²) in [5, 5.41) is 4.75. The molecule has 0 N–H and O–H groups in total. The van der Waals surface area contributed by atoms with E-state index in [4.69, 9.17) is 9.47 Å². The smallest absolute Gasteiger partial charge is 0.252 e. The molecule has 0 saturated heterocycles. The number of aromatic nitrogens is 2. The van der Waals surface area contributed by atoms with Gasteiger partial charge in [-0.1, -0.05) is 276 Å². The second-order valence-electron chi connectivity index (χ2n) is 28.1. The fraction of sp³-hybridized carbons (Fsp3) is 0.0426. The van der Waals surface area contributed by atoms with Crippen LogP contribution in [0.5, 0.6) is 23.0 Å². The second-order valence-corrected chi connectivity index (χ2v) is 28.1. The monoisotopic (exact) mass is 1290 g/mol. The Bertz CT molecular complexity index is 5870. The molecule has 0 saturated carbocycles. The van der Waals surface area contributed by atoms with Crippen LogP contribution >= 0.6 is 0 Å². The standard InChI is InChI=1S/C94H63BN4O2/c1-94(2,3)60-56-81-89-82(57-60)99-91-62(59-30-8-5-9-31-59)41-27-43-70(91)68-37-15-23-49-84(68)101-86-51-25-17-39-72(86)88-80(97-77-46-20-12-34-65(77)66-35-13-21-47-78(66)97)55-53-74(93(88)99)95(89)73-52-54-79(96-75-44-18-10-32-63(75)64-33-11-19-45-76(64)96)87-71-38-16-24-50-85(71)100-83-48-22-14-36-67(83)69-42-26-40-61(58-28-6-4-7-29-58)90(69)98(81)92(73)87/h4-57H,1-3H3. The van der Waals surface area contributed by atoms with Gasteiger partial charge in [0.25, 0.3) is 6.71 Å². The van der Waals surface area contributed by atoms with Crippen LogP contribution in [-0.2, 0) is 5.41 Å². The van der Waals surface area contributed by atoms with Crippen molar-refractivity contribution in [2.75, 3.05) is 9.80 Å². The number of ether oxygens (including phenoxy) is 2. The van der Waals surface area contributed by atoms with Crippen molar-refractivity contribution in [2.24, 2.45) is 0 Å². The van der Waals surface area contributed by atoms with E-state index in [1.165, 1.54) is 32.6 Å². The van der Waals surface area contributed by atoms with Gasteiger partial charge in [0.2, 0.25) is 0 Å². The normalized spacial score (nSPS) is 13.0. The molecule has 0 bridgehead atoms. The van der Waals surface area contributed by atoms with Crippen LogP contribution in [0, 0.1) is 0 Å². The molecular formula is C94H63BN4O2. The molecule has 0 amide bonds. The summed E-state index contributed by atoms with van der Waals surface area (Å²) in [6.07, 6.45) is 0. The number of rotatable bonds is 4. The van der Waals surface area contributed by atoms with Gasteiger partial charge in [0.1, 0.15) is 23.0 Å². The summed E-state index contributed by atoms with van der Waals surface area (Å²) in [6.45, 7) is 6.77. The Labute approximate surface area is 586 Å². The first kappa shape index (κ1) is 57.3. The SMILES string of the molecule is CC(C)(C)c1cc2c3c(c1)N1c4c(-c5ccccc5)cccc4-c4ccccc4Oc4ccccc4-c4c(-n5c6ccccc6c6ccccc65)ccc(c41)B3c1ccc(-n3c4ccccc4c4ccccc43)c3c1N2c1c(-c2ccccc2)cccc1-c1ccccc1Oc1ccccc1-3. The molecule has 0 atom stereocenters. The average Bonchev–Trinajstić information content (AvgIpc) is 0.926. The topological polar surface area (TPSA) is 34.8 Å². The molecule has 4 aliphatic rings. The van der Waals surface area contributed by atoms with E-state index in [1.807, 2.05) is 0 Å². The Morgan fingerprint density at radius 3 is 0.970 bits per heavy atom. The maximum absolute atomic E-state index is 7.62. The molecule has 6 heterocycles. The van der Waals surface area contributed by atoms with Gasteiger partial charge in [0, 0.05) is 88.6 Å². The summed E-state index contributed by atoms with van der Waals surface area (Å²) in [5.41, 5.74) is 29.9. The molecule has 0 fully saturated rings. The molecule has 21 rings (SSSR count). The molecule has 474 valence electrons. The summed E-state index contributed by atoms with van der Waals surface area (Å²) in [4.78, 5) is 5.45. The first-order chi connectivity index (χ1) is 49.8. The molecule has 17 aromatic rings. The van der Waals surface area contributed by atoms with Crippen LogP contribution in [0.3, 0.4) is 0 Å². The van der Waals surface area contributed by atoms with Crippen LogP contribution in [0.4, 0.5) is 34.1 Å². The zero-order valence-electron chi connectivity index (χ0n) is 55.9. The molecule has 0 unspecified atom stereocenters. The second kappa shape index (κ2) is 21.8. The van der Waals surface area contributed by atoms with E-state index >= 15 is 0 Å². The Hall–Kier alpha value is -12.8. The van der Waals surface area contributed by atoms with E-state index < -0.39 is 0 Å².